The van der Waals surface area contributed by atoms with Crippen LogP contribution in [0, 0.1) is 0 Å². The Morgan fingerprint density at radius 1 is 0.655 bits per heavy atom. The molecule has 2 aromatic carbocycles. The molecule has 0 radical (unpaired) electrons. The van der Waals surface area contributed by atoms with E-state index in [9.17, 15) is 9.59 Å². The molecule has 0 unspecified atom stereocenters. The van der Waals surface area contributed by atoms with Crippen LogP contribution in [0.3, 0.4) is 0 Å². The van der Waals surface area contributed by atoms with Gasteiger partial charge in [-0.1, -0.05) is 64.1 Å². The van der Waals surface area contributed by atoms with Crippen molar-refractivity contribution in [3.05, 3.63) is 58.7 Å². The molecule has 0 aliphatic heterocycles. The zero-order chi connectivity index (χ0) is 21.2. The van der Waals surface area contributed by atoms with E-state index >= 15 is 0 Å². The molecule has 2 aromatic rings. The molecule has 0 spiro atoms. The molecule has 2 amide bonds. The largest absolute Gasteiger partial charge is 0.325 e. The molecular formula is C24H32N2O2S. The van der Waals surface area contributed by atoms with Crippen LogP contribution in [0.2, 0.25) is 0 Å². The third kappa shape index (κ3) is 6.36. The van der Waals surface area contributed by atoms with Gasteiger partial charge in [-0.2, -0.15) is 0 Å². The summed E-state index contributed by atoms with van der Waals surface area (Å²) in [6.07, 6.45) is 3.48. The minimum atomic E-state index is -0.0680. The van der Waals surface area contributed by atoms with E-state index in [-0.39, 0.29) is 23.3 Å². The molecule has 2 rings (SSSR count). The number of anilines is 2. The molecule has 0 aliphatic rings. The predicted molar refractivity (Wildman–Crippen MR) is 125 cm³/mol. The number of benzene rings is 2. The first-order chi connectivity index (χ1) is 14.0. The van der Waals surface area contributed by atoms with E-state index in [4.69, 9.17) is 0 Å². The Morgan fingerprint density at radius 3 is 1.24 bits per heavy atom. The number of rotatable bonds is 10. The minimum absolute atomic E-state index is 0.0680. The van der Waals surface area contributed by atoms with Crippen LogP contribution in [0.5, 0.6) is 0 Å². The summed E-state index contributed by atoms with van der Waals surface area (Å²) in [6, 6.07) is 12.3. The molecule has 0 fully saturated rings. The van der Waals surface area contributed by atoms with Crippen LogP contribution in [0.4, 0.5) is 11.4 Å². The molecule has 2 N–H and O–H groups in total. The lowest BCUT2D eigenvalue weighted by Crippen LogP contribution is -2.20. The second-order valence-corrected chi connectivity index (χ2v) is 7.89. The quantitative estimate of drug-likeness (QED) is 0.560. The van der Waals surface area contributed by atoms with Crippen molar-refractivity contribution in [1.82, 2.24) is 0 Å². The van der Waals surface area contributed by atoms with Crippen molar-refractivity contribution < 1.29 is 9.59 Å². The summed E-state index contributed by atoms with van der Waals surface area (Å²) >= 11 is 1.34. The van der Waals surface area contributed by atoms with Crippen LogP contribution in [0.15, 0.2) is 36.4 Å². The average molecular weight is 413 g/mol. The molecule has 156 valence electrons. The number of amides is 2. The number of thioether (sulfide) groups is 1. The highest BCUT2D eigenvalue weighted by molar-refractivity contribution is 8.00. The van der Waals surface area contributed by atoms with Gasteiger partial charge in [-0.15, -0.1) is 11.8 Å². The predicted octanol–water partition coefficient (Wildman–Crippen LogP) is 5.25. The van der Waals surface area contributed by atoms with Crippen molar-refractivity contribution in [1.29, 1.82) is 0 Å². The topological polar surface area (TPSA) is 58.2 Å². The summed E-state index contributed by atoms with van der Waals surface area (Å²) in [5, 5.41) is 6.10. The van der Waals surface area contributed by atoms with Crippen LogP contribution in [-0.4, -0.2) is 23.3 Å². The fourth-order valence-corrected chi connectivity index (χ4v) is 4.01. The van der Waals surface area contributed by atoms with Gasteiger partial charge in [-0.3, -0.25) is 9.59 Å². The van der Waals surface area contributed by atoms with Crippen LogP contribution in [-0.2, 0) is 35.3 Å². The van der Waals surface area contributed by atoms with Crippen molar-refractivity contribution in [3.8, 4) is 0 Å². The van der Waals surface area contributed by atoms with Gasteiger partial charge in [0, 0.05) is 11.4 Å². The number of carbonyl (C=O) groups is 2. The monoisotopic (exact) mass is 412 g/mol. The molecule has 0 heterocycles. The Morgan fingerprint density at radius 2 is 0.966 bits per heavy atom. The van der Waals surface area contributed by atoms with Crippen LogP contribution in [0.1, 0.15) is 49.9 Å². The van der Waals surface area contributed by atoms with Crippen molar-refractivity contribution in [2.24, 2.45) is 0 Å². The summed E-state index contributed by atoms with van der Waals surface area (Å²) in [6.45, 7) is 8.34. The van der Waals surface area contributed by atoms with E-state index in [1.54, 1.807) is 0 Å². The summed E-state index contributed by atoms with van der Waals surface area (Å²) in [4.78, 5) is 24.9. The van der Waals surface area contributed by atoms with Gasteiger partial charge >= 0.3 is 0 Å². The lowest BCUT2D eigenvalue weighted by molar-refractivity contribution is -0.114. The van der Waals surface area contributed by atoms with Gasteiger partial charge < -0.3 is 10.6 Å². The molecule has 0 saturated carbocycles. The zero-order valence-electron chi connectivity index (χ0n) is 17.9. The average Bonchev–Trinajstić information content (AvgIpc) is 2.73. The summed E-state index contributed by atoms with van der Waals surface area (Å²) < 4.78 is 0. The highest BCUT2D eigenvalue weighted by Gasteiger charge is 2.13. The Bertz CT molecular complexity index is 735. The molecule has 29 heavy (non-hydrogen) atoms. The van der Waals surface area contributed by atoms with E-state index in [2.05, 4.69) is 38.3 Å². The maximum Gasteiger partial charge on any atom is 0.234 e. The fourth-order valence-electron chi connectivity index (χ4n) is 3.39. The normalized spacial score (nSPS) is 10.6. The number of carbonyl (C=O) groups excluding carboxylic acids is 2. The van der Waals surface area contributed by atoms with E-state index < -0.39 is 0 Å². The Balaban J connectivity index is 1.91. The minimum Gasteiger partial charge on any atom is -0.325 e. The highest BCUT2D eigenvalue weighted by Crippen LogP contribution is 2.24. The maximum atomic E-state index is 12.4. The molecule has 4 nitrogen and oxygen atoms in total. The van der Waals surface area contributed by atoms with E-state index in [0.29, 0.717) is 0 Å². The number of para-hydroxylation sites is 2. The van der Waals surface area contributed by atoms with Gasteiger partial charge in [0.25, 0.3) is 0 Å². The second kappa shape index (κ2) is 11.7. The second-order valence-electron chi connectivity index (χ2n) is 6.91. The van der Waals surface area contributed by atoms with Crippen molar-refractivity contribution in [2.75, 3.05) is 22.1 Å². The van der Waals surface area contributed by atoms with Crippen molar-refractivity contribution >= 4 is 35.0 Å². The number of hydrogen-bond donors (Lipinski definition) is 2. The summed E-state index contributed by atoms with van der Waals surface area (Å²) in [5.41, 5.74) is 6.42. The molecular weight excluding hydrogens is 380 g/mol. The molecule has 5 heteroatoms. The molecule has 0 bridgehead atoms. The molecule has 0 atom stereocenters. The third-order valence-electron chi connectivity index (χ3n) is 4.99. The van der Waals surface area contributed by atoms with Gasteiger partial charge in [-0.05, 0) is 47.9 Å². The van der Waals surface area contributed by atoms with Gasteiger partial charge in [-0.25, -0.2) is 0 Å². The Hall–Kier alpha value is -2.27. The molecule has 0 aliphatic carbocycles. The van der Waals surface area contributed by atoms with Crippen molar-refractivity contribution in [3.63, 3.8) is 0 Å². The Kier molecular flexibility index (Phi) is 9.26. The molecule has 0 aromatic heterocycles. The van der Waals surface area contributed by atoms with Crippen LogP contribution in [0.25, 0.3) is 0 Å². The Labute approximate surface area is 178 Å². The first-order valence-corrected chi connectivity index (χ1v) is 11.6. The van der Waals surface area contributed by atoms with E-state index in [0.717, 1.165) is 59.3 Å². The first kappa shape index (κ1) is 23.0. The van der Waals surface area contributed by atoms with Gasteiger partial charge in [0.1, 0.15) is 0 Å². The standard InChI is InChI=1S/C24H32N2O2S/c1-5-17-11-9-12-18(6-2)23(17)25-21(27)15-29-16-22(28)26-24-19(7-3)13-10-14-20(24)8-4/h9-14H,5-8,15-16H2,1-4H3,(H,25,27)(H,26,28). The number of hydrogen-bond acceptors (Lipinski definition) is 3. The summed E-state index contributed by atoms with van der Waals surface area (Å²) in [7, 11) is 0. The van der Waals surface area contributed by atoms with E-state index in [1.165, 1.54) is 11.8 Å². The molecule has 0 saturated heterocycles. The first-order valence-electron chi connectivity index (χ1n) is 10.4. The number of aryl methyl sites for hydroxylation is 4. The van der Waals surface area contributed by atoms with E-state index in [1.807, 2.05) is 36.4 Å². The zero-order valence-corrected chi connectivity index (χ0v) is 18.7. The van der Waals surface area contributed by atoms with Crippen LogP contribution >= 0.6 is 11.8 Å². The van der Waals surface area contributed by atoms with Crippen LogP contribution < -0.4 is 10.6 Å². The lowest BCUT2D eigenvalue weighted by atomic mass is 10.0. The fraction of sp³-hybridized carbons (Fsp3) is 0.417. The van der Waals surface area contributed by atoms with Gasteiger partial charge in [0.2, 0.25) is 11.8 Å². The van der Waals surface area contributed by atoms with Gasteiger partial charge in [0.05, 0.1) is 11.5 Å². The summed E-state index contributed by atoms with van der Waals surface area (Å²) in [5.74, 6) is 0.373. The third-order valence-corrected chi connectivity index (χ3v) is 5.93. The smallest absolute Gasteiger partial charge is 0.234 e. The van der Waals surface area contributed by atoms with Crippen molar-refractivity contribution in [2.45, 2.75) is 53.4 Å². The number of nitrogens with one attached hydrogen (secondary N) is 2. The SMILES string of the molecule is CCc1cccc(CC)c1NC(=O)CSCC(=O)Nc1c(CC)cccc1CC. The maximum absolute atomic E-state index is 12.4. The highest BCUT2D eigenvalue weighted by atomic mass is 32.2. The lowest BCUT2D eigenvalue weighted by Gasteiger charge is -2.15. The van der Waals surface area contributed by atoms with Gasteiger partial charge in [0.15, 0.2) is 0 Å².